The molecule has 2 saturated heterocycles. The van der Waals surface area contributed by atoms with E-state index in [1.54, 1.807) is 0 Å². The van der Waals surface area contributed by atoms with Crippen LogP contribution in [-0.2, 0) is 9.53 Å². The number of rotatable bonds is 4. The Labute approximate surface area is 249 Å². The maximum atomic E-state index is 13.1. The van der Waals surface area contributed by atoms with Crippen molar-refractivity contribution in [3.8, 4) is 0 Å². The molecule has 6 aliphatic rings. The van der Waals surface area contributed by atoms with Crippen LogP contribution in [-0.4, -0.2) is 58.2 Å². The molecule has 6 heteroatoms. The summed E-state index contributed by atoms with van der Waals surface area (Å²) in [6.07, 6.45) is 11.1. The second kappa shape index (κ2) is 9.65. The number of amides is 1. The minimum absolute atomic E-state index is 0.0147. The monoisotopic (exact) mass is 572 g/mol. The number of hydrogen-bond acceptors (Lipinski definition) is 5. The summed E-state index contributed by atoms with van der Waals surface area (Å²) < 4.78 is 6.72. The van der Waals surface area contributed by atoms with Gasteiger partial charge >= 0.3 is 0 Å². The lowest BCUT2D eigenvalue weighted by Gasteiger charge is -2.71. The van der Waals surface area contributed by atoms with Crippen LogP contribution in [0.5, 0.6) is 0 Å². The molecule has 41 heavy (non-hydrogen) atoms. The smallest absolute Gasteiger partial charge is 0.237 e. The molecule has 0 radical (unpaired) electrons. The van der Waals surface area contributed by atoms with Gasteiger partial charge in [0.2, 0.25) is 5.91 Å². The first-order valence-corrected chi connectivity index (χ1v) is 17.1. The Bertz CT molecular complexity index is 1030. The molecular weight excluding hydrogens is 512 g/mol. The molecule has 6 fully saturated rings. The van der Waals surface area contributed by atoms with Gasteiger partial charge in [0, 0.05) is 6.04 Å². The van der Waals surface area contributed by atoms with Crippen LogP contribution in [0.3, 0.4) is 0 Å². The zero-order valence-corrected chi connectivity index (χ0v) is 27.3. The Kier molecular flexibility index (Phi) is 7.14. The van der Waals surface area contributed by atoms with Crippen LogP contribution in [0.15, 0.2) is 0 Å². The van der Waals surface area contributed by atoms with Gasteiger partial charge in [0.05, 0.1) is 29.5 Å². The van der Waals surface area contributed by atoms with Gasteiger partial charge in [-0.3, -0.25) is 4.79 Å². The summed E-state index contributed by atoms with van der Waals surface area (Å²) in [5, 5.41) is 29.7. The number of carbonyl (C=O) groups excluding carboxylic acids is 1. The zero-order valence-electron chi connectivity index (χ0n) is 27.3. The molecule has 6 rings (SSSR count). The molecule has 0 bridgehead atoms. The van der Waals surface area contributed by atoms with Gasteiger partial charge in [-0.1, -0.05) is 34.6 Å². The third-order valence-electron chi connectivity index (χ3n) is 15.0. The van der Waals surface area contributed by atoms with E-state index >= 15 is 0 Å². The summed E-state index contributed by atoms with van der Waals surface area (Å²) in [5.41, 5.74) is -0.729. The second-order valence-electron chi connectivity index (χ2n) is 17.6. The highest BCUT2D eigenvalue weighted by Crippen LogP contribution is 2.76. The van der Waals surface area contributed by atoms with Crippen molar-refractivity contribution in [3.63, 3.8) is 0 Å². The lowest BCUT2D eigenvalue weighted by molar-refractivity contribution is -0.240. The molecule has 4 aliphatic carbocycles. The number of nitrogens with one attached hydrogen (secondary N) is 2. The van der Waals surface area contributed by atoms with Crippen LogP contribution >= 0.6 is 0 Å². The van der Waals surface area contributed by atoms with E-state index in [9.17, 15) is 15.0 Å². The summed E-state index contributed by atoms with van der Waals surface area (Å²) in [6, 6.07) is 0.176. The highest BCUT2D eigenvalue weighted by Gasteiger charge is 2.72. The van der Waals surface area contributed by atoms with Crippen LogP contribution in [0.2, 0.25) is 0 Å². The SMILES string of the molecule is CC(C)(O)[C@@H]1CC[C@@](C)([C@H]2CC[C@]3(C)[C@@H]2[C@H](O)C[C@@H]2[C@@]4(C)CC[C@H](NC(=O)[C@@H]5CCCN5)C(C)(C)[C@@H]4CC[C@]23C)O1. The van der Waals surface area contributed by atoms with Crippen LogP contribution in [0.25, 0.3) is 0 Å². The summed E-state index contributed by atoms with van der Waals surface area (Å²) in [6.45, 7) is 19.4. The molecule has 4 N–H and O–H groups in total. The van der Waals surface area contributed by atoms with Gasteiger partial charge in [-0.25, -0.2) is 0 Å². The Morgan fingerprint density at radius 3 is 2.24 bits per heavy atom. The Morgan fingerprint density at radius 2 is 1.61 bits per heavy atom. The standard InChI is InChI=1S/C35H60N2O4/c1-30(2)24-12-17-33(6)25(32(24,5)15-13-26(30)37-29(39)22-10-9-19-36-22)20-23(38)28-21(11-16-34(28,33)7)35(8)18-14-27(41-35)31(3,4)40/h21-28,36,38,40H,9-20H2,1-8H3,(H,37,39)/t21-,22-,23+,24-,25+,26-,27-,28-,32-,33+,34+,35-/m0/s1. The summed E-state index contributed by atoms with van der Waals surface area (Å²) in [5.74, 6) is 1.75. The fourth-order valence-corrected chi connectivity index (χ4v) is 12.5. The maximum Gasteiger partial charge on any atom is 0.237 e. The van der Waals surface area contributed by atoms with Crippen molar-refractivity contribution in [2.45, 2.75) is 162 Å². The average molecular weight is 573 g/mol. The van der Waals surface area contributed by atoms with E-state index in [4.69, 9.17) is 4.74 Å². The molecule has 0 spiro atoms. The first kappa shape index (κ1) is 30.3. The summed E-state index contributed by atoms with van der Waals surface area (Å²) in [4.78, 5) is 13.1. The molecular formula is C35H60N2O4. The molecule has 0 aromatic rings. The fraction of sp³-hybridized carbons (Fsp3) is 0.971. The van der Waals surface area contributed by atoms with Gasteiger partial charge in [0.25, 0.3) is 0 Å². The van der Waals surface area contributed by atoms with Gasteiger partial charge in [-0.15, -0.1) is 0 Å². The molecule has 234 valence electrons. The van der Waals surface area contributed by atoms with Crippen LogP contribution < -0.4 is 10.6 Å². The Hall–Kier alpha value is -0.690. The van der Waals surface area contributed by atoms with E-state index in [0.717, 1.165) is 64.3 Å². The number of ether oxygens (including phenoxy) is 1. The minimum atomic E-state index is -0.840. The highest BCUT2D eigenvalue weighted by atomic mass is 16.5. The van der Waals surface area contributed by atoms with Crippen LogP contribution in [0.1, 0.15) is 126 Å². The van der Waals surface area contributed by atoms with Crippen LogP contribution in [0, 0.1) is 45.3 Å². The predicted octanol–water partition coefficient (Wildman–Crippen LogP) is 5.59. The van der Waals surface area contributed by atoms with E-state index in [1.165, 1.54) is 12.8 Å². The number of aliphatic hydroxyl groups is 2. The molecule has 1 amide bonds. The van der Waals surface area contributed by atoms with Gasteiger partial charge < -0.3 is 25.6 Å². The highest BCUT2D eigenvalue weighted by molar-refractivity contribution is 5.82. The minimum Gasteiger partial charge on any atom is -0.393 e. The lowest BCUT2D eigenvalue weighted by Crippen LogP contribution is -2.68. The van der Waals surface area contributed by atoms with E-state index in [1.807, 2.05) is 13.8 Å². The molecule has 0 aromatic heterocycles. The molecule has 6 nitrogen and oxygen atoms in total. The normalized spacial score (nSPS) is 52.9. The van der Waals surface area contributed by atoms with E-state index in [-0.39, 0.29) is 63.4 Å². The number of aliphatic hydroxyl groups excluding tert-OH is 1. The van der Waals surface area contributed by atoms with Crippen molar-refractivity contribution < 1.29 is 19.7 Å². The quantitative estimate of drug-likeness (QED) is 0.353. The van der Waals surface area contributed by atoms with Gasteiger partial charge in [0.1, 0.15) is 0 Å². The fourth-order valence-electron chi connectivity index (χ4n) is 12.5. The van der Waals surface area contributed by atoms with Crippen molar-refractivity contribution in [3.05, 3.63) is 0 Å². The lowest BCUT2D eigenvalue weighted by atomic mass is 9.35. The first-order valence-electron chi connectivity index (χ1n) is 17.1. The van der Waals surface area contributed by atoms with E-state index < -0.39 is 5.60 Å². The van der Waals surface area contributed by atoms with Gasteiger partial charge in [-0.2, -0.15) is 0 Å². The second-order valence-corrected chi connectivity index (χ2v) is 17.6. The number of hydrogen-bond donors (Lipinski definition) is 4. The third-order valence-corrected chi connectivity index (χ3v) is 15.0. The van der Waals surface area contributed by atoms with Crippen molar-refractivity contribution in [1.82, 2.24) is 10.6 Å². The van der Waals surface area contributed by atoms with Crippen molar-refractivity contribution >= 4 is 5.91 Å². The molecule has 2 heterocycles. The number of fused-ring (bicyclic) bond motifs is 5. The van der Waals surface area contributed by atoms with Crippen molar-refractivity contribution in [2.24, 2.45) is 45.3 Å². The molecule has 12 atom stereocenters. The van der Waals surface area contributed by atoms with E-state index in [2.05, 4.69) is 52.2 Å². The van der Waals surface area contributed by atoms with Crippen molar-refractivity contribution in [1.29, 1.82) is 0 Å². The molecule has 4 saturated carbocycles. The molecule has 0 aromatic carbocycles. The Morgan fingerprint density at radius 1 is 0.902 bits per heavy atom. The third kappa shape index (κ3) is 4.34. The maximum absolute atomic E-state index is 13.1. The predicted molar refractivity (Wildman–Crippen MR) is 162 cm³/mol. The summed E-state index contributed by atoms with van der Waals surface area (Å²) >= 11 is 0. The van der Waals surface area contributed by atoms with E-state index in [0.29, 0.717) is 17.8 Å². The largest absolute Gasteiger partial charge is 0.393 e. The zero-order chi connectivity index (χ0) is 29.8. The first-order chi connectivity index (χ1) is 19.0. The number of carbonyl (C=O) groups is 1. The molecule has 0 unspecified atom stereocenters. The molecule has 2 aliphatic heterocycles. The Balaban J connectivity index is 1.25. The van der Waals surface area contributed by atoms with Gasteiger partial charge in [-0.05, 0) is 143 Å². The summed E-state index contributed by atoms with van der Waals surface area (Å²) in [7, 11) is 0. The van der Waals surface area contributed by atoms with Crippen molar-refractivity contribution in [2.75, 3.05) is 6.54 Å². The topological polar surface area (TPSA) is 90.8 Å². The van der Waals surface area contributed by atoms with Crippen LogP contribution in [0.4, 0.5) is 0 Å². The van der Waals surface area contributed by atoms with Gasteiger partial charge in [0.15, 0.2) is 0 Å². The average Bonchev–Trinajstić information content (AvgIpc) is 3.62.